The zero-order valence-electron chi connectivity index (χ0n) is 3.48. The topological polar surface area (TPSA) is 43.1 Å². The van der Waals surface area contributed by atoms with E-state index in [-0.39, 0.29) is 11.7 Å². The summed E-state index contributed by atoms with van der Waals surface area (Å²) in [6.45, 7) is 0. The van der Waals surface area contributed by atoms with E-state index >= 15 is 0 Å². The smallest absolute Gasteiger partial charge is 0.212 e. The third kappa shape index (κ3) is 0.532. The molecule has 0 saturated carbocycles. The molecule has 0 radical (unpaired) electrons. The van der Waals surface area contributed by atoms with Crippen LogP contribution in [-0.4, -0.2) is 13.2 Å². The molecule has 2 nitrogen and oxygen atoms in total. The molecular weight excluding hydrogens is 76.9 g/mol. The third-order valence-corrected chi connectivity index (χ3v) is 0.980. The van der Waals surface area contributed by atoms with Crippen molar-refractivity contribution in [1.29, 1.82) is 0 Å². The summed E-state index contributed by atoms with van der Waals surface area (Å²) in [5, 5.41) is 0. The Morgan fingerprint density at radius 2 is 2.50 bits per heavy atom. The maximum atomic E-state index is 9.98. The van der Waals surface area contributed by atoms with E-state index in [1.165, 1.54) is 0 Å². The van der Waals surface area contributed by atoms with Crippen molar-refractivity contribution in [3.05, 3.63) is 0 Å². The molecule has 1 unspecified atom stereocenters. The summed E-state index contributed by atoms with van der Waals surface area (Å²) < 4.78 is 0. The van der Waals surface area contributed by atoms with Gasteiger partial charge in [-0.3, -0.25) is 4.79 Å². The molecule has 1 atom stereocenters. The van der Waals surface area contributed by atoms with Crippen LogP contribution in [0.15, 0.2) is 0 Å². The van der Waals surface area contributed by atoms with Gasteiger partial charge in [-0.15, -0.1) is 0 Å². The lowest BCUT2D eigenvalue weighted by Gasteiger charge is -1.77. The number of rotatable bonds is 1. The molecule has 1 heterocycles. The number of hydrogen-bond donors (Lipinski definition) is 1. The van der Waals surface area contributed by atoms with E-state index < -0.39 is 0 Å². The molecule has 1 amide bonds. The van der Waals surface area contributed by atoms with Crippen molar-refractivity contribution in [2.75, 3.05) is 0 Å². The molecule has 1 aliphatic heterocycles. The Hall–Kier alpha value is -0.465. The van der Waals surface area contributed by atoms with Gasteiger partial charge in [-0.1, -0.05) is 6.32 Å². The maximum absolute atomic E-state index is 9.98. The zero-order chi connectivity index (χ0) is 4.57. The summed E-state index contributed by atoms with van der Waals surface area (Å²) >= 11 is 0. The lowest BCUT2D eigenvalue weighted by atomic mass is 10.0. The van der Waals surface area contributed by atoms with E-state index in [1.807, 2.05) is 0 Å². The number of carbonyl (C=O) groups is 1. The van der Waals surface area contributed by atoms with E-state index in [0.717, 1.165) is 13.6 Å². The highest BCUT2D eigenvalue weighted by Gasteiger charge is 2.28. The molecule has 0 spiro atoms. The highest BCUT2D eigenvalue weighted by atomic mass is 16.1. The van der Waals surface area contributed by atoms with Gasteiger partial charge in [-0.25, -0.2) is 0 Å². The molecule has 1 aliphatic rings. The SMILES string of the molecule is NC(=O)C1BC1. The van der Waals surface area contributed by atoms with Crippen LogP contribution in [-0.2, 0) is 4.79 Å². The van der Waals surface area contributed by atoms with Gasteiger partial charge in [0.25, 0.3) is 0 Å². The minimum atomic E-state index is -0.130. The highest BCUT2D eigenvalue weighted by Crippen LogP contribution is 2.25. The van der Waals surface area contributed by atoms with Crippen LogP contribution in [0.5, 0.6) is 0 Å². The van der Waals surface area contributed by atoms with Crippen molar-refractivity contribution in [3.63, 3.8) is 0 Å². The first kappa shape index (κ1) is 3.72. The fraction of sp³-hybridized carbons (Fsp3) is 0.667. The van der Waals surface area contributed by atoms with Crippen molar-refractivity contribution in [2.24, 2.45) is 5.73 Å². The van der Waals surface area contributed by atoms with Crippen molar-refractivity contribution in [3.8, 4) is 0 Å². The van der Waals surface area contributed by atoms with E-state index in [9.17, 15) is 4.79 Å². The molecule has 1 rings (SSSR count). The predicted molar refractivity (Wildman–Crippen MR) is 24.9 cm³/mol. The standard InChI is InChI=1S/C3H6BNO/c5-3(6)2-1-4-2/h2,4H,1H2,(H2,5,6). The Morgan fingerprint density at radius 3 is 2.50 bits per heavy atom. The molecule has 3 heteroatoms. The number of carbonyl (C=O) groups excluding carboxylic acids is 1. The van der Waals surface area contributed by atoms with Crippen LogP contribution in [0.2, 0.25) is 12.1 Å². The van der Waals surface area contributed by atoms with Crippen LogP contribution in [0, 0.1) is 0 Å². The molecule has 1 fully saturated rings. The largest absolute Gasteiger partial charge is 0.370 e. The molecule has 6 heavy (non-hydrogen) atoms. The fourth-order valence-corrected chi connectivity index (χ4v) is 0.368. The number of hydrogen-bond acceptors (Lipinski definition) is 1. The van der Waals surface area contributed by atoms with Gasteiger partial charge in [-0.05, 0) is 0 Å². The predicted octanol–water partition coefficient (Wildman–Crippen LogP) is -0.871. The normalized spacial score (nSPS) is 28.3. The van der Waals surface area contributed by atoms with Crippen LogP contribution in [0.1, 0.15) is 0 Å². The number of amides is 1. The molecule has 32 valence electrons. The van der Waals surface area contributed by atoms with Crippen LogP contribution in [0.4, 0.5) is 0 Å². The second-order valence-electron chi connectivity index (χ2n) is 1.68. The summed E-state index contributed by atoms with van der Waals surface area (Å²) in [6, 6.07) is 0. The zero-order valence-corrected chi connectivity index (χ0v) is 3.48. The number of primary amides is 1. The Balaban J connectivity index is 2.31. The van der Waals surface area contributed by atoms with Gasteiger partial charge in [0.15, 0.2) is 0 Å². The molecule has 0 aromatic rings. The molecular formula is C3H6BNO. The monoisotopic (exact) mass is 83.1 g/mol. The highest BCUT2D eigenvalue weighted by molar-refractivity contribution is 6.57. The third-order valence-electron chi connectivity index (χ3n) is 0.980. The lowest BCUT2D eigenvalue weighted by molar-refractivity contribution is -0.117. The molecule has 0 aromatic carbocycles. The average molecular weight is 82.9 g/mol. The Kier molecular flexibility index (Phi) is 0.618. The summed E-state index contributed by atoms with van der Waals surface area (Å²) in [4.78, 5) is 9.98. The summed E-state index contributed by atoms with van der Waals surface area (Å²) in [6.07, 6.45) is 1.02. The maximum Gasteiger partial charge on any atom is 0.212 e. The van der Waals surface area contributed by atoms with Gasteiger partial charge in [0, 0.05) is 5.82 Å². The minimum Gasteiger partial charge on any atom is -0.370 e. The average Bonchev–Trinajstić information content (AvgIpc) is 2.06. The van der Waals surface area contributed by atoms with Gasteiger partial charge >= 0.3 is 0 Å². The molecule has 0 aromatic heterocycles. The molecule has 2 N–H and O–H groups in total. The first-order valence-corrected chi connectivity index (χ1v) is 2.10. The second kappa shape index (κ2) is 0.998. The van der Waals surface area contributed by atoms with E-state index in [0.29, 0.717) is 0 Å². The van der Waals surface area contributed by atoms with Crippen molar-refractivity contribution in [1.82, 2.24) is 0 Å². The molecule has 0 bridgehead atoms. The van der Waals surface area contributed by atoms with E-state index in [4.69, 9.17) is 5.73 Å². The van der Waals surface area contributed by atoms with E-state index in [1.54, 1.807) is 0 Å². The first-order valence-electron chi connectivity index (χ1n) is 2.10. The van der Waals surface area contributed by atoms with Gasteiger partial charge < -0.3 is 5.73 Å². The van der Waals surface area contributed by atoms with Crippen molar-refractivity contribution >= 4 is 13.2 Å². The Morgan fingerprint density at radius 1 is 2.00 bits per heavy atom. The minimum absolute atomic E-state index is 0.130. The van der Waals surface area contributed by atoms with E-state index in [2.05, 4.69) is 0 Å². The number of nitrogens with two attached hydrogens (primary N) is 1. The fourth-order valence-electron chi connectivity index (χ4n) is 0.368. The quantitative estimate of drug-likeness (QED) is 0.411. The second-order valence-corrected chi connectivity index (χ2v) is 1.68. The molecule has 0 aliphatic carbocycles. The molecule has 1 saturated heterocycles. The van der Waals surface area contributed by atoms with Gasteiger partial charge in [0.1, 0.15) is 7.28 Å². The van der Waals surface area contributed by atoms with Crippen LogP contribution in [0.3, 0.4) is 0 Å². The van der Waals surface area contributed by atoms with Crippen LogP contribution in [0.25, 0.3) is 0 Å². The first-order chi connectivity index (χ1) is 2.80. The Labute approximate surface area is 37.0 Å². The van der Waals surface area contributed by atoms with Gasteiger partial charge in [0.05, 0.1) is 0 Å². The lowest BCUT2D eigenvalue weighted by Crippen LogP contribution is -2.09. The van der Waals surface area contributed by atoms with Crippen molar-refractivity contribution in [2.45, 2.75) is 12.1 Å². The summed E-state index contributed by atoms with van der Waals surface area (Å²) in [7, 11) is 1.02. The summed E-state index contributed by atoms with van der Waals surface area (Å²) in [5.41, 5.74) is 4.86. The Bertz CT molecular complexity index is 78.9. The van der Waals surface area contributed by atoms with Crippen LogP contribution >= 0.6 is 0 Å². The van der Waals surface area contributed by atoms with Gasteiger partial charge in [0.2, 0.25) is 5.91 Å². The van der Waals surface area contributed by atoms with Crippen molar-refractivity contribution < 1.29 is 4.79 Å². The summed E-state index contributed by atoms with van der Waals surface area (Å²) in [5.74, 6) is 0.111. The van der Waals surface area contributed by atoms with Crippen LogP contribution < -0.4 is 5.73 Å². The van der Waals surface area contributed by atoms with Gasteiger partial charge in [-0.2, -0.15) is 0 Å².